The smallest absolute Gasteiger partial charge is 0.387 e. The summed E-state index contributed by atoms with van der Waals surface area (Å²) in [5.74, 6) is 5.71. The van der Waals surface area contributed by atoms with Crippen LogP contribution in [0.1, 0.15) is 24.2 Å². The molecule has 1 aromatic carbocycles. The zero-order valence-corrected chi connectivity index (χ0v) is 11.0. The first kappa shape index (κ1) is 14.4. The van der Waals surface area contributed by atoms with E-state index in [9.17, 15) is 8.78 Å². The second-order valence-corrected chi connectivity index (χ2v) is 4.12. The fourth-order valence-corrected chi connectivity index (χ4v) is 2.05. The monoisotopic (exact) mass is 282 g/mol. The summed E-state index contributed by atoms with van der Waals surface area (Å²) in [5, 5.41) is 4.18. The summed E-state index contributed by atoms with van der Waals surface area (Å²) in [5.41, 5.74) is 4.44. The van der Waals surface area contributed by atoms with Crippen LogP contribution < -0.4 is 16.0 Å². The lowest BCUT2D eigenvalue weighted by Gasteiger charge is -2.18. The molecule has 108 valence electrons. The fourth-order valence-electron chi connectivity index (χ4n) is 2.05. The predicted octanol–water partition coefficient (Wildman–Crippen LogP) is 2.06. The summed E-state index contributed by atoms with van der Waals surface area (Å²) in [7, 11) is 0. The molecule has 0 saturated carbocycles. The number of rotatable bonds is 6. The second kappa shape index (κ2) is 6.44. The van der Waals surface area contributed by atoms with E-state index >= 15 is 0 Å². The van der Waals surface area contributed by atoms with E-state index in [0.717, 1.165) is 11.3 Å². The van der Waals surface area contributed by atoms with Gasteiger partial charge in [0.05, 0.1) is 11.7 Å². The summed E-state index contributed by atoms with van der Waals surface area (Å²) in [6, 6.07) is 7.94. The third-order valence-electron chi connectivity index (χ3n) is 2.95. The Kier molecular flexibility index (Phi) is 4.65. The van der Waals surface area contributed by atoms with Gasteiger partial charge in [0, 0.05) is 12.7 Å². The highest BCUT2D eigenvalue weighted by Crippen LogP contribution is 2.24. The van der Waals surface area contributed by atoms with Gasteiger partial charge < -0.3 is 4.74 Å². The average Bonchev–Trinajstić information content (AvgIpc) is 2.89. The van der Waals surface area contributed by atoms with Crippen LogP contribution in [0.2, 0.25) is 0 Å². The standard InChI is InChI=1S/C13H16F2N4O/c1-2-19-11(7-8-17-19)12(18-16)9-3-5-10(6-4-9)20-13(14)15/h3-8,12-13,18H,2,16H2,1H3. The van der Waals surface area contributed by atoms with Gasteiger partial charge in [-0.15, -0.1) is 0 Å². The van der Waals surface area contributed by atoms with Crippen molar-refractivity contribution in [2.24, 2.45) is 5.84 Å². The molecule has 1 heterocycles. The highest BCUT2D eigenvalue weighted by atomic mass is 19.3. The Hall–Kier alpha value is -1.99. The van der Waals surface area contributed by atoms with Gasteiger partial charge in [0.25, 0.3) is 0 Å². The Morgan fingerprint density at radius 1 is 1.30 bits per heavy atom. The van der Waals surface area contributed by atoms with Crippen molar-refractivity contribution in [2.75, 3.05) is 0 Å². The number of aryl methyl sites for hydroxylation is 1. The number of nitrogens with zero attached hydrogens (tertiary/aromatic N) is 2. The van der Waals surface area contributed by atoms with Crippen molar-refractivity contribution >= 4 is 0 Å². The first-order valence-corrected chi connectivity index (χ1v) is 6.18. The van der Waals surface area contributed by atoms with Crippen molar-refractivity contribution in [1.82, 2.24) is 15.2 Å². The van der Waals surface area contributed by atoms with Gasteiger partial charge >= 0.3 is 6.61 Å². The maximum atomic E-state index is 12.1. The molecule has 20 heavy (non-hydrogen) atoms. The number of aromatic nitrogens is 2. The Labute approximate surface area is 115 Å². The quantitative estimate of drug-likeness (QED) is 0.628. The van der Waals surface area contributed by atoms with Crippen molar-refractivity contribution in [3.63, 3.8) is 0 Å². The van der Waals surface area contributed by atoms with Gasteiger partial charge in [-0.1, -0.05) is 12.1 Å². The lowest BCUT2D eigenvalue weighted by Crippen LogP contribution is -2.30. The van der Waals surface area contributed by atoms with E-state index in [1.165, 1.54) is 12.1 Å². The molecule has 0 aliphatic rings. The summed E-state index contributed by atoms with van der Waals surface area (Å²) < 4.78 is 30.3. The number of benzene rings is 1. The van der Waals surface area contributed by atoms with E-state index in [1.54, 1.807) is 18.3 Å². The van der Waals surface area contributed by atoms with Crippen LogP contribution in [0.15, 0.2) is 36.5 Å². The van der Waals surface area contributed by atoms with Crippen molar-refractivity contribution < 1.29 is 13.5 Å². The Morgan fingerprint density at radius 3 is 2.55 bits per heavy atom. The number of hydrogen-bond donors (Lipinski definition) is 2. The normalized spacial score (nSPS) is 12.7. The number of hydrogen-bond acceptors (Lipinski definition) is 4. The molecule has 0 spiro atoms. The third-order valence-corrected chi connectivity index (χ3v) is 2.95. The molecule has 1 atom stereocenters. The van der Waals surface area contributed by atoms with Crippen molar-refractivity contribution in [3.05, 3.63) is 47.8 Å². The third kappa shape index (κ3) is 3.12. The van der Waals surface area contributed by atoms with Crippen LogP contribution in [-0.4, -0.2) is 16.4 Å². The molecule has 0 aliphatic carbocycles. The van der Waals surface area contributed by atoms with Gasteiger partial charge in [-0.3, -0.25) is 10.5 Å². The average molecular weight is 282 g/mol. The lowest BCUT2D eigenvalue weighted by atomic mass is 10.0. The van der Waals surface area contributed by atoms with Gasteiger partial charge in [0.2, 0.25) is 0 Å². The molecule has 3 N–H and O–H groups in total. The minimum atomic E-state index is -2.83. The molecule has 5 nitrogen and oxygen atoms in total. The molecular weight excluding hydrogens is 266 g/mol. The highest BCUT2D eigenvalue weighted by Gasteiger charge is 2.16. The molecule has 0 amide bonds. The summed E-state index contributed by atoms with van der Waals surface area (Å²) in [6.07, 6.45) is 1.69. The largest absolute Gasteiger partial charge is 0.435 e. The second-order valence-electron chi connectivity index (χ2n) is 4.12. The van der Waals surface area contributed by atoms with Crippen molar-refractivity contribution in [2.45, 2.75) is 26.1 Å². The Balaban J connectivity index is 2.24. The predicted molar refractivity (Wildman–Crippen MR) is 70.1 cm³/mol. The molecule has 0 fully saturated rings. The number of alkyl halides is 2. The molecule has 0 bridgehead atoms. The zero-order chi connectivity index (χ0) is 14.5. The van der Waals surface area contributed by atoms with Crippen LogP contribution in [0.3, 0.4) is 0 Å². The number of hydrazine groups is 1. The van der Waals surface area contributed by atoms with Crippen LogP contribution in [0, 0.1) is 0 Å². The van der Waals surface area contributed by atoms with Gasteiger partial charge in [0.15, 0.2) is 0 Å². The van der Waals surface area contributed by atoms with Gasteiger partial charge in [0.1, 0.15) is 5.75 Å². The van der Waals surface area contributed by atoms with E-state index in [4.69, 9.17) is 5.84 Å². The first-order valence-electron chi connectivity index (χ1n) is 6.18. The highest BCUT2D eigenvalue weighted by molar-refractivity contribution is 5.33. The van der Waals surface area contributed by atoms with Gasteiger partial charge in [-0.05, 0) is 30.7 Å². The van der Waals surface area contributed by atoms with Crippen LogP contribution in [-0.2, 0) is 6.54 Å². The zero-order valence-electron chi connectivity index (χ0n) is 11.0. The molecule has 0 radical (unpaired) electrons. The van der Waals surface area contributed by atoms with Crippen LogP contribution in [0.5, 0.6) is 5.75 Å². The molecule has 2 rings (SSSR count). The van der Waals surface area contributed by atoms with E-state index in [1.807, 2.05) is 17.7 Å². The number of halogens is 2. The Morgan fingerprint density at radius 2 is 2.00 bits per heavy atom. The van der Waals surface area contributed by atoms with Crippen LogP contribution in [0.25, 0.3) is 0 Å². The number of ether oxygens (including phenoxy) is 1. The summed E-state index contributed by atoms with van der Waals surface area (Å²) in [4.78, 5) is 0. The molecule has 1 aromatic heterocycles. The molecule has 0 aliphatic heterocycles. The van der Waals surface area contributed by atoms with Crippen LogP contribution >= 0.6 is 0 Å². The minimum Gasteiger partial charge on any atom is -0.435 e. The Bertz CT molecular complexity index is 542. The van der Waals surface area contributed by atoms with Crippen LogP contribution in [0.4, 0.5) is 8.78 Å². The number of nitrogens with two attached hydrogens (primary N) is 1. The molecule has 2 aromatic rings. The van der Waals surface area contributed by atoms with E-state index < -0.39 is 6.61 Å². The maximum absolute atomic E-state index is 12.1. The SMILES string of the molecule is CCn1nccc1C(NN)c1ccc(OC(F)F)cc1. The molecule has 1 unspecified atom stereocenters. The lowest BCUT2D eigenvalue weighted by molar-refractivity contribution is -0.0498. The fraction of sp³-hybridized carbons (Fsp3) is 0.308. The van der Waals surface area contributed by atoms with E-state index in [0.29, 0.717) is 6.54 Å². The van der Waals surface area contributed by atoms with Gasteiger partial charge in [-0.25, -0.2) is 5.43 Å². The van der Waals surface area contributed by atoms with Gasteiger partial charge in [-0.2, -0.15) is 13.9 Å². The maximum Gasteiger partial charge on any atom is 0.387 e. The van der Waals surface area contributed by atoms with E-state index in [-0.39, 0.29) is 11.8 Å². The first-order chi connectivity index (χ1) is 9.65. The summed E-state index contributed by atoms with van der Waals surface area (Å²) in [6.45, 7) is -0.137. The molecular formula is C13H16F2N4O. The molecule has 0 saturated heterocycles. The topological polar surface area (TPSA) is 65.1 Å². The number of nitrogens with one attached hydrogen (secondary N) is 1. The minimum absolute atomic E-state index is 0.114. The van der Waals surface area contributed by atoms with Crippen molar-refractivity contribution in [1.29, 1.82) is 0 Å². The summed E-state index contributed by atoms with van der Waals surface area (Å²) >= 11 is 0. The van der Waals surface area contributed by atoms with Crippen molar-refractivity contribution in [3.8, 4) is 5.75 Å². The molecule has 7 heteroatoms. The van der Waals surface area contributed by atoms with E-state index in [2.05, 4.69) is 15.3 Å².